The maximum absolute atomic E-state index is 11.7. The molecule has 2 heterocycles. The van der Waals surface area contributed by atoms with Crippen molar-refractivity contribution in [1.82, 2.24) is 4.98 Å². The number of pyridine rings is 1. The summed E-state index contributed by atoms with van der Waals surface area (Å²) < 4.78 is 4.94. The second-order valence-corrected chi connectivity index (χ2v) is 9.70. The Balaban J connectivity index is 0.000000469. The summed E-state index contributed by atoms with van der Waals surface area (Å²) in [4.78, 5) is 18.2. The quantitative estimate of drug-likeness (QED) is 0.378. The molecule has 3 aromatic rings. The molecule has 3 nitrogen and oxygen atoms in total. The number of hydrogen-bond donors (Lipinski definition) is 0. The molecule has 0 atom stereocenters. The van der Waals surface area contributed by atoms with Crippen LogP contribution in [0.5, 0.6) is 0 Å². The zero-order valence-corrected chi connectivity index (χ0v) is 20.6. The van der Waals surface area contributed by atoms with Crippen LogP contribution in [0.1, 0.15) is 67.5 Å². The minimum Gasteiger partial charge on any atom is -0.379 e. The van der Waals surface area contributed by atoms with Crippen LogP contribution in [0.2, 0.25) is 5.02 Å². The lowest BCUT2D eigenvalue weighted by Gasteiger charge is -2.14. The van der Waals surface area contributed by atoms with Crippen LogP contribution < -0.4 is 0 Å². The fraction of sp³-hybridized carbons (Fsp3) is 0.440. The molecule has 162 valence electrons. The predicted octanol–water partition coefficient (Wildman–Crippen LogP) is 7.68. The van der Waals surface area contributed by atoms with Gasteiger partial charge < -0.3 is 4.74 Å². The molecule has 0 saturated carbocycles. The zero-order valence-electron chi connectivity index (χ0n) is 19.1. The topological polar surface area (TPSA) is 39.2 Å². The van der Waals surface area contributed by atoms with Crippen molar-refractivity contribution in [2.75, 3.05) is 7.11 Å². The summed E-state index contributed by atoms with van der Waals surface area (Å²) in [5, 5.41) is 1.81. The maximum atomic E-state index is 11.7. The summed E-state index contributed by atoms with van der Waals surface area (Å²) in [6.45, 7) is 12.6. The number of halogens is 1. The fourth-order valence-electron chi connectivity index (χ4n) is 3.28. The van der Waals surface area contributed by atoms with E-state index in [9.17, 15) is 4.79 Å². The van der Waals surface area contributed by atoms with E-state index in [1.54, 1.807) is 7.11 Å². The van der Waals surface area contributed by atoms with Gasteiger partial charge in [-0.15, -0.1) is 11.3 Å². The van der Waals surface area contributed by atoms with Gasteiger partial charge in [-0.1, -0.05) is 44.0 Å². The molecular weight excluding hydrogens is 414 g/mol. The van der Waals surface area contributed by atoms with Crippen LogP contribution in [-0.4, -0.2) is 24.0 Å². The third kappa shape index (κ3) is 5.69. The van der Waals surface area contributed by atoms with Crippen LogP contribution in [0, 0.1) is 6.92 Å². The Labute approximate surface area is 189 Å². The molecular formula is C25H32ClNO2S. The van der Waals surface area contributed by atoms with Crippen molar-refractivity contribution in [3.8, 4) is 11.1 Å². The lowest BCUT2D eigenvalue weighted by Crippen LogP contribution is -2.15. The predicted molar refractivity (Wildman–Crippen MR) is 130 cm³/mol. The van der Waals surface area contributed by atoms with Crippen LogP contribution in [0.25, 0.3) is 21.3 Å². The number of aldehydes is 1. The van der Waals surface area contributed by atoms with Gasteiger partial charge in [0.2, 0.25) is 0 Å². The van der Waals surface area contributed by atoms with E-state index in [2.05, 4.69) is 20.8 Å². The molecule has 0 aliphatic carbocycles. The lowest BCUT2D eigenvalue weighted by molar-refractivity contribution is 0.0397. The van der Waals surface area contributed by atoms with E-state index in [0.29, 0.717) is 5.02 Å². The van der Waals surface area contributed by atoms with Gasteiger partial charge >= 0.3 is 0 Å². The van der Waals surface area contributed by atoms with Crippen molar-refractivity contribution in [3.05, 3.63) is 51.0 Å². The molecule has 1 aromatic carbocycles. The van der Waals surface area contributed by atoms with Crippen LogP contribution in [0.15, 0.2) is 24.3 Å². The number of aryl methyl sites for hydroxylation is 2. The van der Waals surface area contributed by atoms with E-state index < -0.39 is 0 Å². The third-order valence-electron chi connectivity index (χ3n) is 5.02. The van der Waals surface area contributed by atoms with Gasteiger partial charge in [-0.2, -0.15) is 0 Å². The first-order valence-corrected chi connectivity index (χ1v) is 11.6. The molecule has 3 rings (SSSR count). The lowest BCUT2D eigenvalue weighted by atomic mass is 9.94. The first-order chi connectivity index (χ1) is 14.2. The number of thiophene rings is 1. The highest BCUT2D eigenvalue weighted by atomic mass is 35.5. The summed E-state index contributed by atoms with van der Waals surface area (Å²) in [5.74, 6) is 0. The fourth-order valence-corrected chi connectivity index (χ4v) is 4.50. The number of carbonyl (C=O) groups excluding carboxylic acids is 1. The second-order valence-electron chi connectivity index (χ2n) is 8.23. The normalized spacial score (nSPS) is 11.3. The molecule has 0 unspecified atom stereocenters. The van der Waals surface area contributed by atoms with Crippen LogP contribution in [0.4, 0.5) is 0 Å². The highest BCUT2D eigenvalue weighted by Gasteiger charge is 2.20. The number of carbonyl (C=O) groups is 1. The molecule has 5 heteroatoms. The standard InChI is InChI=1S/C20H20ClNOS.C5H12O/c1-4-6-15-12(3)18-19(13-7-9-14(21)10-8-13)17(11-23)24-20(18)22-16(15)5-2;1-5(2,3)6-4/h7-11H,4-6H2,1-3H3;1-4H3. The highest BCUT2D eigenvalue weighted by molar-refractivity contribution is 7.20. The highest BCUT2D eigenvalue weighted by Crippen LogP contribution is 2.41. The van der Waals surface area contributed by atoms with Crippen molar-refractivity contribution in [1.29, 1.82) is 0 Å². The Morgan fingerprint density at radius 1 is 1.17 bits per heavy atom. The number of hydrogen-bond acceptors (Lipinski definition) is 4. The van der Waals surface area contributed by atoms with Crippen LogP contribution in [0.3, 0.4) is 0 Å². The Hall–Kier alpha value is -1.75. The Morgan fingerprint density at radius 2 is 1.77 bits per heavy atom. The van der Waals surface area contributed by atoms with Gasteiger partial charge in [0, 0.05) is 28.8 Å². The molecule has 0 fully saturated rings. The van der Waals surface area contributed by atoms with Gasteiger partial charge in [0.15, 0.2) is 6.29 Å². The monoisotopic (exact) mass is 445 g/mol. The number of methoxy groups -OCH3 is 1. The van der Waals surface area contributed by atoms with Crippen LogP contribution in [-0.2, 0) is 17.6 Å². The first kappa shape index (κ1) is 24.5. The molecule has 0 amide bonds. The molecule has 0 saturated heterocycles. The molecule has 0 radical (unpaired) electrons. The van der Waals surface area contributed by atoms with Crippen LogP contribution >= 0.6 is 22.9 Å². The SMILES string of the molecule is CCCc1c(CC)nc2sc(C=O)c(-c3ccc(Cl)cc3)c2c1C.COC(C)(C)C. The van der Waals surface area contributed by atoms with Gasteiger partial charge in [-0.3, -0.25) is 4.79 Å². The van der Waals surface area contributed by atoms with E-state index in [-0.39, 0.29) is 5.60 Å². The van der Waals surface area contributed by atoms with Crippen molar-refractivity contribution in [2.45, 2.75) is 66.4 Å². The van der Waals surface area contributed by atoms with Crippen molar-refractivity contribution in [2.24, 2.45) is 0 Å². The van der Waals surface area contributed by atoms with Crippen molar-refractivity contribution >= 4 is 39.4 Å². The molecule has 30 heavy (non-hydrogen) atoms. The number of ether oxygens (including phenoxy) is 1. The summed E-state index contributed by atoms with van der Waals surface area (Å²) >= 11 is 7.50. The van der Waals surface area contributed by atoms with Gasteiger partial charge in [-0.05, 0) is 69.4 Å². The minimum absolute atomic E-state index is 0.0417. The summed E-state index contributed by atoms with van der Waals surface area (Å²) in [7, 11) is 1.71. The molecule has 0 N–H and O–H groups in total. The van der Waals surface area contributed by atoms with E-state index in [4.69, 9.17) is 21.3 Å². The molecule has 0 aliphatic rings. The Kier molecular flexibility index (Phi) is 8.60. The third-order valence-corrected chi connectivity index (χ3v) is 6.28. The van der Waals surface area contributed by atoms with Gasteiger partial charge in [0.05, 0.1) is 10.5 Å². The largest absolute Gasteiger partial charge is 0.379 e. The molecule has 0 aliphatic heterocycles. The summed E-state index contributed by atoms with van der Waals surface area (Å²) in [6, 6.07) is 7.68. The second kappa shape index (κ2) is 10.5. The number of nitrogens with zero attached hydrogens (tertiary/aromatic N) is 1. The molecule has 2 aromatic heterocycles. The number of rotatable bonds is 5. The number of aromatic nitrogens is 1. The zero-order chi connectivity index (χ0) is 22.5. The van der Waals surface area contributed by atoms with Gasteiger partial charge in [0.1, 0.15) is 4.83 Å². The summed E-state index contributed by atoms with van der Waals surface area (Å²) in [6.07, 6.45) is 3.96. The Morgan fingerprint density at radius 3 is 2.23 bits per heavy atom. The minimum atomic E-state index is 0.0417. The average Bonchev–Trinajstić information content (AvgIpc) is 3.09. The smallest absolute Gasteiger partial charge is 0.160 e. The van der Waals surface area contributed by atoms with E-state index in [0.717, 1.165) is 57.5 Å². The van der Waals surface area contributed by atoms with Gasteiger partial charge in [0.25, 0.3) is 0 Å². The molecule has 0 bridgehead atoms. The van der Waals surface area contributed by atoms with E-state index in [1.807, 2.05) is 45.0 Å². The van der Waals surface area contributed by atoms with Crippen molar-refractivity contribution < 1.29 is 9.53 Å². The van der Waals surface area contributed by atoms with Gasteiger partial charge in [-0.25, -0.2) is 4.98 Å². The average molecular weight is 446 g/mol. The van der Waals surface area contributed by atoms with E-state index in [1.165, 1.54) is 22.5 Å². The van der Waals surface area contributed by atoms with Crippen molar-refractivity contribution in [3.63, 3.8) is 0 Å². The number of fused-ring (bicyclic) bond motifs is 1. The van der Waals surface area contributed by atoms with E-state index >= 15 is 0 Å². The number of benzene rings is 1. The first-order valence-electron chi connectivity index (χ1n) is 10.4. The maximum Gasteiger partial charge on any atom is 0.160 e. The molecule has 0 spiro atoms. The summed E-state index contributed by atoms with van der Waals surface area (Å²) in [5.41, 5.74) is 5.80. The Bertz CT molecular complexity index is 1000.